The quantitative estimate of drug-likeness (QED) is 0.816. The first-order chi connectivity index (χ1) is 12.0. The Morgan fingerprint density at radius 1 is 1.44 bits per heavy atom. The van der Waals surface area contributed by atoms with Gasteiger partial charge in [0.05, 0.1) is 11.8 Å². The lowest BCUT2D eigenvalue weighted by atomic mass is 9.96. The molecule has 1 saturated carbocycles. The number of pyridine rings is 1. The van der Waals surface area contributed by atoms with E-state index in [1.165, 1.54) is 4.31 Å². The van der Waals surface area contributed by atoms with Crippen LogP contribution < -0.4 is 5.32 Å². The minimum atomic E-state index is -3.22. The Morgan fingerprint density at radius 2 is 2.28 bits per heavy atom. The lowest BCUT2D eigenvalue weighted by molar-refractivity contribution is -0.115. The van der Waals surface area contributed by atoms with Gasteiger partial charge in [-0.15, -0.1) is 0 Å². The van der Waals surface area contributed by atoms with Crippen LogP contribution in [0, 0.1) is 0 Å². The van der Waals surface area contributed by atoms with Crippen LogP contribution in [-0.2, 0) is 26.2 Å². The summed E-state index contributed by atoms with van der Waals surface area (Å²) in [6.45, 7) is 1.06. The van der Waals surface area contributed by atoms with Gasteiger partial charge in [0.15, 0.2) is 5.60 Å². The summed E-state index contributed by atoms with van der Waals surface area (Å²) in [5.74, 6) is -0.288. The predicted octanol–water partition coefficient (Wildman–Crippen LogP) is 0.411. The Hall–Kier alpha value is -2.00. The van der Waals surface area contributed by atoms with E-state index < -0.39 is 15.6 Å². The molecule has 1 saturated heterocycles. The van der Waals surface area contributed by atoms with E-state index in [0.717, 1.165) is 18.4 Å². The summed E-state index contributed by atoms with van der Waals surface area (Å²) in [6, 6.07) is 3.68. The molecule has 0 radical (unpaired) electrons. The maximum Gasteiger partial charge on any atom is 0.269 e. The topological polar surface area (TPSA) is 101 Å². The summed E-state index contributed by atoms with van der Waals surface area (Å²) in [7, 11) is -3.22. The van der Waals surface area contributed by atoms with Gasteiger partial charge in [-0.05, 0) is 24.5 Å². The molecule has 25 heavy (non-hydrogen) atoms. The second-order valence-electron chi connectivity index (χ2n) is 6.86. The SMILES string of the molecule is O=C(NCc1cccnc1)C1=NOC2(CCN(S(=O)(=O)C3CC3)C2)C1. The summed E-state index contributed by atoms with van der Waals surface area (Å²) < 4.78 is 26.2. The van der Waals surface area contributed by atoms with E-state index in [0.29, 0.717) is 31.6 Å². The standard InChI is InChI=1S/C16H20N4O4S/c21-15(18-10-12-2-1-6-17-9-12)14-8-16(24-19-14)5-7-20(11-16)25(22,23)13-3-4-13/h1-2,6,9,13H,3-5,7-8,10-11H2,(H,18,21). The fourth-order valence-electron chi connectivity index (χ4n) is 3.25. The molecule has 1 unspecified atom stereocenters. The van der Waals surface area contributed by atoms with E-state index in [1.54, 1.807) is 18.5 Å². The van der Waals surface area contributed by atoms with Crippen molar-refractivity contribution in [2.24, 2.45) is 5.16 Å². The van der Waals surface area contributed by atoms with Crippen molar-refractivity contribution >= 4 is 21.6 Å². The zero-order valence-corrected chi connectivity index (χ0v) is 14.5. The first-order valence-corrected chi connectivity index (χ1v) is 9.90. The highest BCUT2D eigenvalue weighted by molar-refractivity contribution is 7.90. The van der Waals surface area contributed by atoms with Gasteiger partial charge < -0.3 is 10.2 Å². The Bertz CT molecular complexity index is 807. The van der Waals surface area contributed by atoms with Crippen LogP contribution in [0.5, 0.6) is 0 Å². The van der Waals surface area contributed by atoms with Crippen LogP contribution in [0.4, 0.5) is 0 Å². The molecule has 1 atom stereocenters. The Morgan fingerprint density at radius 3 is 3.00 bits per heavy atom. The molecule has 2 aliphatic heterocycles. The van der Waals surface area contributed by atoms with Crippen molar-refractivity contribution in [3.8, 4) is 0 Å². The number of nitrogens with one attached hydrogen (secondary N) is 1. The van der Waals surface area contributed by atoms with Gasteiger partial charge in [-0.3, -0.25) is 9.78 Å². The maximum absolute atomic E-state index is 12.4. The molecule has 4 rings (SSSR count). The Labute approximate surface area is 146 Å². The van der Waals surface area contributed by atoms with Crippen LogP contribution in [0.3, 0.4) is 0 Å². The van der Waals surface area contributed by atoms with Crippen molar-refractivity contribution in [3.05, 3.63) is 30.1 Å². The summed E-state index contributed by atoms with van der Waals surface area (Å²) in [5, 5.41) is 6.49. The largest absolute Gasteiger partial charge is 0.387 e. The van der Waals surface area contributed by atoms with Crippen molar-refractivity contribution in [3.63, 3.8) is 0 Å². The van der Waals surface area contributed by atoms with Gasteiger partial charge in [-0.2, -0.15) is 4.31 Å². The minimum Gasteiger partial charge on any atom is -0.387 e. The molecule has 0 aromatic carbocycles. The molecule has 8 nitrogen and oxygen atoms in total. The third kappa shape index (κ3) is 3.25. The Balaban J connectivity index is 1.34. The predicted molar refractivity (Wildman–Crippen MR) is 90.1 cm³/mol. The highest BCUT2D eigenvalue weighted by Gasteiger charge is 2.52. The number of carbonyl (C=O) groups excluding carboxylic acids is 1. The molecular weight excluding hydrogens is 344 g/mol. The van der Waals surface area contributed by atoms with Gasteiger partial charge >= 0.3 is 0 Å². The number of oxime groups is 1. The first-order valence-electron chi connectivity index (χ1n) is 8.40. The monoisotopic (exact) mass is 364 g/mol. The van der Waals surface area contributed by atoms with E-state index in [4.69, 9.17) is 4.84 Å². The van der Waals surface area contributed by atoms with Crippen LogP contribution in [0.2, 0.25) is 0 Å². The van der Waals surface area contributed by atoms with Gasteiger partial charge in [0, 0.05) is 38.3 Å². The third-order valence-electron chi connectivity index (χ3n) is 4.86. The van der Waals surface area contributed by atoms with Crippen molar-refractivity contribution in [2.45, 2.75) is 43.1 Å². The van der Waals surface area contributed by atoms with Gasteiger partial charge in [-0.25, -0.2) is 8.42 Å². The number of hydrogen-bond acceptors (Lipinski definition) is 6. The highest BCUT2D eigenvalue weighted by Crippen LogP contribution is 2.39. The molecule has 1 aromatic rings. The maximum atomic E-state index is 12.4. The zero-order chi connectivity index (χ0) is 17.5. The smallest absolute Gasteiger partial charge is 0.269 e. The van der Waals surface area contributed by atoms with Gasteiger partial charge in [-0.1, -0.05) is 11.2 Å². The molecule has 1 N–H and O–H groups in total. The van der Waals surface area contributed by atoms with Gasteiger partial charge in [0.2, 0.25) is 10.0 Å². The van der Waals surface area contributed by atoms with Crippen LogP contribution >= 0.6 is 0 Å². The van der Waals surface area contributed by atoms with Crippen molar-refractivity contribution in [2.75, 3.05) is 13.1 Å². The van der Waals surface area contributed by atoms with Crippen molar-refractivity contribution < 1.29 is 18.0 Å². The number of amides is 1. The number of hydrogen-bond donors (Lipinski definition) is 1. The molecule has 1 spiro atoms. The molecule has 2 fully saturated rings. The van der Waals surface area contributed by atoms with E-state index in [9.17, 15) is 13.2 Å². The summed E-state index contributed by atoms with van der Waals surface area (Å²) in [5.41, 5.74) is 0.519. The molecule has 3 heterocycles. The van der Waals surface area contributed by atoms with Crippen molar-refractivity contribution in [1.82, 2.24) is 14.6 Å². The van der Waals surface area contributed by atoms with Gasteiger partial charge in [0.25, 0.3) is 5.91 Å². The van der Waals surface area contributed by atoms with E-state index >= 15 is 0 Å². The molecule has 1 amide bonds. The van der Waals surface area contributed by atoms with E-state index in [1.807, 2.05) is 6.07 Å². The lowest BCUT2D eigenvalue weighted by Gasteiger charge is -2.21. The number of sulfonamides is 1. The number of aromatic nitrogens is 1. The second kappa shape index (κ2) is 6.06. The highest BCUT2D eigenvalue weighted by atomic mass is 32.2. The first kappa shape index (κ1) is 16.5. The van der Waals surface area contributed by atoms with Crippen molar-refractivity contribution in [1.29, 1.82) is 0 Å². The zero-order valence-electron chi connectivity index (χ0n) is 13.7. The molecule has 1 aliphatic carbocycles. The summed E-state index contributed by atoms with van der Waals surface area (Å²) in [4.78, 5) is 21.8. The molecule has 3 aliphatic rings. The van der Waals surface area contributed by atoms with Crippen LogP contribution in [0.25, 0.3) is 0 Å². The average molecular weight is 364 g/mol. The molecular formula is C16H20N4O4S. The van der Waals surface area contributed by atoms with E-state index in [2.05, 4.69) is 15.5 Å². The molecule has 1 aromatic heterocycles. The molecule has 0 bridgehead atoms. The van der Waals surface area contributed by atoms with Crippen LogP contribution in [-0.4, -0.2) is 53.3 Å². The average Bonchev–Trinajstić information content (AvgIpc) is 3.29. The fourth-order valence-corrected chi connectivity index (χ4v) is 5.17. The minimum absolute atomic E-state index is 0.229. The lowest BCUT2D eigenvalue weighted by Crippen LogP contribution is -2.39. The normalized spacial score (nSPS) is 26.5. The Kier molecular flexibility index (Phi) is 3.99. The van der Waals surface area contributed by atoms with Crippen LogP contribution in [0.15, 0.2) is 29.7 Å². The number of nitrogens with zero attached hydrogens (tertiary/aromatic N) is 3. The molecule has 9 heteroatoms. The second-order valence-corrected chi connectivity index (χ2v) is 9.07. The van der Waals surface area contributed by atoms with E-state index in [-0.39, 0.29) is 17.7 Å². The summed E-state index contributed by atoms with van der Waals surface area (Å²) >= 11 is 0. The van der Waals surface area contributed by atoms with Crippen LogP contribution in [0.1, 0.15) is 31.2 Å². The number of rotatable bonds is 5. The number of carbonyl (C=O) groups is 1. The fraction of sp³-hybridized carbons (Fsp3) is 0.562. The summed E-state index contributed by atoms with van der Waals surface area (Å²) in [6.07, 6.45) is 5.73. The molecule has 134 valence electrons. The third-order valence-corrected chi connectivity index (χ3v) is 7.21. The van der Waals surface area contributed by atoms with Gasteiger partial charge in [0.1, 0.15) is 5.71 Å².